The molecular weight excluding hydrogens is 212 g/mol. The van der Waals surface area contributed by atoms with E-state index >= 15 is 0 Å². The zero-order valence-corrected chi connectivity index (χ0v) is 10.5. The Balaban J connectivity index is 2.13. The Morgan fingerprint density at radius 3 is 3.00 bits per heavy atom. The summed E-state index contributed by atoms with van der Waals surface area (Å²) in [6.07, 6.45) is 3.27. The number of likely N-dealkylation sites (N-methyl/N-ethyl adjacent to an activating group) is 1. The molecule has 0 radical (unpaired) electrons. The fourth-order valence-electron chi connectivity index (χ4n) is 2.09. The van der Waals surface area contributed by atoms with E-state index in [0.29, 0.717) is 5.56 Å². The first kappa shape index (κ1) is 11.9. The van der Waals surface area contributed by atoms with E-state index < -0.39 is 0 Å². The summed E-state index contributed by atoms with van der Waals surface area (Å²) in [5.74, 6) is 0.745. The van der Waals surface area contributed by atoms with Crippen LogP contribution in [0, 0.1) is 11.3 Å². The summed E-state index contributed by atoms with van der Waals surface area (Å²) in [5, 5.41) is 12.4. The van der Waals surface area contributed by atoms with E-state index in [4.69, 9.17) is 5.26 Å². The molecule has 1 aliphatic rings. The minimum absolute atomic E-state index is 0.671. The van der Waals surface area contributed by atoms with Gasteiger partial charge in [0.25, 0.3) is 0 Å². The van der Waals surface area contributed by atoms with Crippen LogP contribution in [-0.2, 0) is 12.8 Å². The van der Waals surface area contributed by atoms with Gasteiger partial charge in [-0.05, 0) is 45.0 Å². The number of rotatable bonds is 4. The minimum atomic E-state index is 0.671. The summed E-state index contributed by atoms with van der Waals surface area (Å²) < 4.78 is 0. The summed E-state index contributed by atoms with van der Waals surface area (Å²) in [6.45, 7) is 1.75. The lowest BCUT2D eigenvalue weighted by Gasteiger charge is -2.12. The Labute approximate surface area is 102 Å². The molecule has 1 N–H and O–H groups in total. The number of nitriles is 1. The quantitative estimate of drug-likeness (QED) is 0.850. The third-order valence-electron chi connectivity index (χ3n) is 3.02. The number of anilines is 1. The number of aryl methyl sites for hydroxylation is 2. The number of hydrogen-bond donors (Lipinski definition) is 1. The lowest BCUT2D eigenvalue weighted by molar-refractivity contribution is 0.425. The molecule has 1 heterocycles. The second-order valence-corrected chi connectivity index (χ2v) is 4.69. The van der Waals surface area contributed by atoms with E-state index in [0.717, 1.165) is 43.9 Å². The second-order valence-electron chi connectivity index (χ2n) is 4.69. The van der Waals surface area contributed by atoms with Crippen molar-refractivity contribution in [2.45, 2.75) is 19.3 Å². The second kappa shape index (κ2) is 5.15. The van der Waals surface area contributed by atoms with Crippen molar-refractivity contribution in [3.05, 3.63) is 22.9 Å². The molecule has 4 nitrogen and oxygen atoms in total. The molecule has 1 aromatic heterocycles. The Kier molecular flexibility index (Phi) is 3.60. The summed E-state index contributed by atoms with van der Waals surface area (Å²) in [6, 6.07) is 4.22. The van der Waals surface area contributed by atoms with Gasteiger partial charge < -0.3 is 10.2 Å². The van der Waals surface area contributed by atoms with E-state index in [-0.39, 0.29) is 0 Å². The molecule has 0 saturated heterocycles. The summed E-state index contributed by atoms with van der Waals surface area (Å²) in [5.41, 5.74) is 3.08. The van der Waals surface area contributed by atoms with Crippen molar-refractivity contribution < 1.29 is 0 Å². The molecule has 90 valence electrons. The van der Waals surface area contributed by atoms with E-state index in [2.05, 4.69) is 21.3 Å². The largest absolute Gasteiger partial charge is 0.368 e. The van der Waals surface area contributed by atoms with Gasteiger partial charge in [-0.25, -0.2) is 4.98 Å². The van der Waals surface area contributed by atoms with Crippen molar-refractivity contribution in [3.8, 4) is 6.07 Å². The molecule has 17 heavy (non-hydrogen) atoms. The van der Waals surface area contributed by atoms with Gasteiger partial charge in [-0.1, -0.05) is 0 Å². The zero-order chi connectivity index (χ0) is 12.3. The lowest BCUT2D eigenvalue weighted by Crippen LogP contribution is -2.21. The van der Waals surface area contributed by atoms with E-state index in [1.165, 1.54) is 5.56 Å². The maximum absolute atomic E-state index is 9.12. The maximum Gasteiger partial charge on any atom is 0.144 e. The molecule has 0 aromatic carbocycles. The highest BCUT2D eigenvalue weighted by molar-refractivity contribution is 5.55. The molecular formula is C13H18N4. The molecule has 0 unspecified atom stereocenters. The van der Waals surface area contributed by atoms with Gasteiger partial charge in [-0.15, -0.1) is 0 Å². The monoisotopic (exact) mass is 230 g/mol. The molecule has 0 saturated carbocycles. The summed E-state index contributed by atoms with van der Waals surface area (Å²) in [4.78, 5) is 6.67. The van der Waals surface area contributed by atoms with Crippen LogP contribution in [0.2, 0.25) is 0 Å². The average Bonchev–Trinajstić information content (AvgIpc) is 2.74. The molecule has 1 aliphatic carbocycles. The van der Waals surface area contributed by atoms with Crippen molar-refractivity contribution in [1.29, 1.82) is 5.26 Å². The first-order valence-corrected chi connectivity index (χ1v) is 6.02. The van der Waals surface area contributed by atoms with Gasteiger partial charge in [-0.3, -0.25) is 0 Å². The Bertz CT molecular complexity index is 445. The molecule has 0 aliphatic heterocycles. The molecule has 0 atom stereocenters. The maximum atomic E-state index is 9.12. The molecule has 1 aromatic rings. The molecule has 0 bridgehead atoms. The number of nitrogens with one attached hydrogen (secondary N) is 1. The Morgan fingerprint density at radius 2 is 2.29 bits per heavy atom. The van der Waals surface area contributed by atoms with Crippen LogP contribution in [0.3, 0.4) is 0 Å². The first-order valence-electron chi connectivity index (χ1n) is 6.02. The minimum Gasteiger partial charge on any atom is -0.368 e. The highest BCUT2D eigenvalue weighted by atomic mass is 15.1. The SMILES string of the molecule is CN(C)CCNc1nc2c(cc1C#N)CCC2. The van der Waals surface area contributed by atoms with E-state index in [9.17, 15) is 0 Å². The predicted octanol–water partition coefficient (Wildman–Crippen LogP) is 1.42. The van der Waals surface area contributed by atoms with Gasteiger partial charge in [0.2, 0.25) is 0 Å². The summed E-state index contributed by atoms with van der Waals surface area (Å²) in [7, 11) is 4.06. The van der Waals surface area contributed by atoms with Crippen LogP contribution < -0.4 is 5.32 Å². The van der Waals surface area contributed by atoms with Gasteiger partial charge in [0.1, 0.15) is 11.9 Å². The fourth-order valence-corrected chi connectivity index (χ4v) is 2.09. The van der Waals surface area contributed by atoms with Crippen molar-refractivity contribution in [2.24, 2.45) is 0 Å². The topological polar surface area (TPSA) is 52.0 Å². The van der Waals surface area contributed by atoms with E-state index in [1.54, 1.807) is 0 Å². The smallest absolute Gasteiger partial charge is 0.144 e. The van der Waals surface area contributed by atoms with Crippen LogP contribution in [0.25, 0.3) is 0 Å². The van der Waals surface area contributed by atoms with Gasteiger partial charge in [-0.2, -0.15) is 5.26 Å². The lowest BCUT2D eigenvalue weighted by atomic mass is 10.1. The normalized spacial score (nSPS) is 13.5. The fraction of sp³-hybridized carbons (Fsp3) is 0.538. The first-order chi connectivity index (χ1) is 8.20. The molecule has 0 amide bonds. The number of fused-ring (bicyclic) bond motifs is 1. The van der Waals surface area contributed by atoms with Gasteiger partial charge in [0, 0.05) is 18.8 Å². The standard InChI is InChI=1S/C13H18N4/c1-17(2)7-6-15-13-11(9-14)8-10-4-3-5-12(10)16-13/h8H,3-7H2,1-2H3,(H,15,16). The van der Waals surface area contributed by atoms with Gasteiger partial charge >= 0.3 is 0 Å². The number of hydrogen-bond acceptors (Lipinski definition) is 4. The van der Waals surface area contributed by atoms with Crippen LogP contribution >= 0.6 is 0 Å². The van der Waals surface area contributed by atoms with Crippen molar-refractivity contribution in [2.75, 3.05) is 32.5 Å². The van der Waals surface area contributed by atoms with Crippen LogP contribution in [0.5, 0.6) is 0 Å². The number of pyridine rings is 1. The number of nitrogens with zero attached hydrogens (tertiary/aromatic N) is 3. The third kappa shape index (κ3) is 2.75. The van der Waals surface area contributed by atoms with Crippen molar-refractivity contribution in [3.63, 3.8) is 0 Å². The van der Waals surface area contributed by atoms with Gasteiger partial charge in [0.05, 0.1) is 5.56 Å². The Morgan fingerprint density at radius 1 is 1.47 bits per heavy atom. The van der Waals surface area contributed by atoms with Crippen molar-refractivity contribution in [1.82, 2.24) is 9.88 Å². The highest BCUT2D eigenvalue weighted by Crippen LogP contribution is 2.24. The average molecular weight is 230 g/mol. The molecule has 2 rings (SSSR count). The van der Waals surface area contributed by atoms with Crippen LogP contribution in [0.4, 0.5) is 5.82 Å². The van der Waals surface area contributed by atoms with Crippen molar-refractivity contribution >= 4 is 5.82 Å². The third-order valence-corrected chi connectivity index (χ3v) is 3.02. The number of aromatic nitrogens is 1. The van der Waals surface area contributed by atoms with Crippen LogP contribution in [0.1, 0.15) is 23.2 Å². The zero-order valence-electron chi connectivity index (χ0n) is 10.5. The van der Waals surface area contributed by atoms with E-state index in [1.807, 2.05) is 20.2 Å². The summed E-state index contributed by atoms with van der Waals surface area (Å²) >= 11 is 0. The molecule has 4 heteroatoms. The van der Waals surface area contributed by atoms with Crippen LogP contribution in [0.15, 0.2) is 6.07 Å². The van der Waals surface area contributed by atoms with Crippen LogP contribution in [-0.4, -0.2) is 37.1 Å². The van der Waals surface area contributed by atoms with Gasteiger partial charge in [0.15, 0.2) is 0 Å². The Hall–Kier alpha value is -1.60. The predicted molar refractivity (Wildman–Crippen MR) is 68.0 cm³/mol. The molecule has 0 spiro atoms. The molecule has 0 fully saturated rings. The highest BCUT2D eigenvalue weighted by Gasteiger charge is 2.16.